The zero-order chi connectivity index (χ0) is 22.2. The van der Waals surface area contributed by atoms with Gasteiger partial charge in [-0.15, -0.1) is 0 Å². The van der Waals surface area contributed by atoms with E-state index >= 15 is 0 Å². The van der Waals surface area contributed by atoms with Crippen LogP contribution in [0.2, 0.25) is 0 Å². The van der Waals surface area contributed by atoms with Crippen LogP contribution in [0, 0.1) is 6.92 Å². The van der Waals surface area contributed by atoms with Crippen LogP contribution in [-0.4, -0.2) is 30.1 Å². The molecule has 0 aliphatic carbocycles. The lowest BCUT2D eigenvalue weighted by Crippen LogP contribution is -2.23. The molecule has 164 valence electrons. The molecule has 2 heterocycles. The Bertz CT molecular complexity index is 1080. The summed E-state index contributed by atoms with van der Waals surface area (Å²) in [6.07, 6.45) is -4.42. The summed E-state index contributed by atoms with van der Waals surface area (Å²) in [5.41, 5.74) is 1.31. The van der Waals surface area contributed by atoms with Crippen molar-refractivity contribution >= 4 is 0 Å². The summed E-state index contributed by atoms with van der Waals surface area (Å²) in [5, 5.41) is 0. The number of aromatic nitrogens is 1. The molecule has 1 unspecified atom stereocenters. The third-order valence-electron chi connectivity index (χ3n) is 5.44. The van der Waals surface area contributed by atoms with Crippen molar-refractivity contribution in [1.29, 1.82) is 0 Å². The molecule has 0 radical (unpaired) electrons. The summed E-state index contributed by atoms with van der Waals surface area (Å²) >= 11 is 0. The van der Waals surface area contributed by atoms with Crippen molar-refractivity contribution < 1.29 is 27.1 Å². The smallest absolute Gasteiger partial charge is 0.416 e. The van der Waals surface area contributed by atoms with Gasteiger partial charge in [0.1, 0.15) is 19.0 Å². The number of benzene rings is 2. The zero-order valence-electron chi connectivity index (χ0n) is 17.5. The molecule has 1 aromatic heterocycles. The van der Waals surface area contributed by atoms with E-state index in [0.717, 1.165) is 29.2 Å². The highest BCUT2D eigenvalue weighted by atomic mass is 19.4. The van der Waals surface area contributed by atoms with Gasteiger partial charge in [-0.3, -0.25) is 4.90 Å². The second-order valence-electron chi connectivity index (χ2n) is 7.59. The molecule has 0 fully saturated rings. The van der Waals surface area contributed by atoms with E-state index in [1.54, 1.807) is 13.0 Å². The van der Waals surface area contributed by atoms with Crippen LogP contribution in [0.4, 0.5) is 13.2 Å². The van der Waals surface area contributed by atoms with Crippen molar-refractivity contribution in [2.45, 2.75) is 32.6 Å². The molecule has 0 saturated heterocycles. The molecule has 5 nitrogen and oxygen atoms in total. The molecule has 8 heteroatoms. The SMILES string of the molecule is Cc1oc(-c2cccc(C(F)(F)F)c2)nc1CN(C)C(C)c1ccc2c(c1)OCCO2. The fourth-order valence-corrected chi connectivity index (χ4v) is 3.47. The standard InChI is InChI=1S/C23H23F3N2O3/c1-14(16-7-8-20-21(12-16)30-10-9-29-20)28(3)13-19-15(2)31-22(27-19)17-5-4-6-18(11-17)23(24,25)26/h4-8,11-12,14H,9-10,13H2,1-3H3. The average Bonchev–Trinajstić information content (AvgIpc) is 3.12. The first-order chi connectivity index (χ1) is 14.7. The van der Waals surface area contributed by atoms with Crippen LogP contribution in [0.15, 0.2) is 46.9 Å². The fraction of sp³-hybridized carbons (Fsp3) is 0.348. The third-order valence-corrected chi connectivity index (χ3v) is 5.44. The molecule has 0 bridgehead atoms. The van der Waals surface area contributed by atoms with Crippen LogP contribution in [-0.2, 0) is 12.7 Å². The maximum absolute atomic E-state index is 13.0. The summed E-state index contributed by atoms with van der Waals surface area (Å²) in [6.45, 7) is 5.37. The predicted octanol–water partition coefficient (Wildman–Crippen LogP) is 5.63. The van der Waals surface area contributed by atoms with Crippen molar-refractivity contribution in [3.63, 3.8) is 0 Å². The normalized spacial score (nSPS) is 14.7. The Hall–Kier alpha value is -3.00. The topological polar surface area (TPSA) is 47.7 Å². The van der Waals surface area contributed by atoms with Gasteiger partial charge in [-0.25, -0.2) is 4.98 Å². The molecule has 0 N–H and O–H groups in total. The number of oxazole rings is 1. The van der Waals surface area contributed by atoms with Crippen molar-refractivity contribution in [1.82, 2.24) is 9.88 Å². The van der Waals surface area contributed by atoms with E-state index in [-0.39, 0.29) is 11.9 Å². The molecule has 0 spiro atoms. The maximum Gasteiger partial charge on any atom is 0.416 e. The molecule has 4 rings (SSSR count). The Morgan fingerprint density at radius 2 is 1.81 bits per heavy atom. The first-order valence-corrected chi connectivity index (χ1v) is 9.96. The van der Waals surface area contributed by atoms with E-state index in [1.807, 2.05) is 25.2 Å². The van der Waals surface area contributed by atoms with E-state index in [0.29, 0.717) is 36.8 Å². The zero-order valence-corrected chi connectivity index (χ0v) is 17.5. The molecule has 1 aliphatic heterocycles. The molecule has 31 heavy (non-hydrogen) atoms. The van der Waals surface area contributed by atoms with Gasteiger partial charge in [-0.1, -0.05) is 12.1 Å². The largest absolute Gasteiger partial charge is 0.486 e. The van der Waals surface area contributed by atoms with Crippen LogP contribution in [0.3, 0.4) is 0 Å². The van der Waals surface area contributed by atoms with Crippen molar-refractivity contribution in [2.24, 2.45) is 0 Å². The van der Waals surface area contributed by atoms with Gasteiger partial charge in [0.2, 0.25) is 5.89 Å². The quantitative estimate of drug-likeness (QED) is 0.523. The molecular formula is C23H23F3N2O3. The monoisotopic (exact) mass is 432 g/mol. The molecule has 1 aliphatic rings. The highest BCUT2D eigenvalue weighted by Gasteiger charge is 2.31. The highest BCUT2D eigenvalue weighted by Crippen LogP contribution is 2.35. The molecule has 0 saturated carbocycles. The second kappa shape index (κ2) is 8.26. The minimum atomic E-state index is -4.42. The minimum absolute atomic E-state index is 0.0453. The number of fused-ring (bicyclic) bond motifs is 1. The van der Waals surface area contributed by atoms with Gasteiger partial charge < -0.3 is 13.9 Å². The van der Waals surface area contributed by atoms with E-state index in [9.17, 15) is 13.2 Å². The summed E-state index contributed by atoms with van der Waals surface area (Å²) in [4.78, 5) is 6.56. The first kappa shape index (κ1) is 21.2. The predicted molar refractivity (Wildman–Crippen MR) is 109 cm³/mol. The van der Waals surface area contributed by atoms with Gasteiger partial charge in [0.25, 0.3) is 0 Å². The number of hydrogen-bond donors (Lipinski definition) is 0. The molecule has 0 amide bonds. The second-order valence-corrected chi connectivity index (χ2v) is 7.59. The number of hydrogen-bond acceptors (Lipinski definition) is 5. The number of aryl methyl sites for hydroxylation is 1. The van der Waals surface area contributed by atoms with Crippen LogP contribution in [0.5, 0.6) is 11.5 Å². The maximum atomic E-state index is 13.0. The average molecular weight is 432 g/mol. The number of nitrogens with zero attached hydrogens (tertiary/aromatic N) is 2. The Balaban J connectivity index is 1.52. The number of alkyl halides is 3. The van der Waals surface area contributed by atoms with Crippen LogP contribution in [0.25, 0.3) is 11.5 Å². The minimum Gasteiger partial charge on any atom is -0.486 e. The fourth-order valence-electron chi connectivity index (χ4n) is 3.47. The van der Waals surface area contributed by atoms with Gasteiger partial charge in [0.05, 0.1) is 11.3 Å². The van der Waals surface area contributed by atoms with Gasteiger partial charge in [0.15, 0.2) is 11.5 Å². The van der Waals surface area contributed by atoms with Crippen molar-refractivity contribution in [3.8, 4) is 23.0 Å². The number of halogens is 3. The van der Waals surface area contributed by atoms with Gasteiger partial charge >= 0.3 is 6.18 Å². The van der Waals surface area contributed by atoms with E-state index in [2.05, 4.69) is 16.8 Å². The summed E-state index contributed by atoms with van der Waals surface area (Å²) in [7, 11) is 1.96. The summed E-state index contributed by atoms with van der Waals surface area (Å²) in [6, 6.07) is 10.9. The third kappa shape index (κ3) is 4.54. The molecule has 3 aromatic rings. The Labute approximate surface area is 178 Å². The van der Waals surface area contributed by atoms with Crippen molar-refractivity contribution in [2.75, 3.05) is 20.3 Å². The molecule has 1 atom stereocenters. The van der Waals surface area contributed by atoms with Crippen LogP contribution in [0.1, 0.15) is 35.5 Å². The van der Waals surface area contributed by atoms with Gasteiger partial charge in [0, 0.05) is 18.2 Å². The van der Waals surface area contributed by atoms with E-state index in [4.69, 9.17) is 13.9 Å². The number of rotatable bonds is 5. The summed E-state index contributed by atoms with van der Waals surface area (Å²) in [5.74, 6) is 2.23. The Kier molecular flexibility index (Phi) is 5.66. The highest BCUT2D eigenvalue weighted by molar-refractivity contribution is 5.55. The summed E-state index contributed by atoms with van der Waals surface area (Å²) < 4.78 is 56.0. The first-order valence-electron chi connectivity index (χ1n) is 9.96. The van der Waals surface area contributed by atoms with Crippen LogP contribution < -0.4 is 9.47 Å². The van der Waals surface area contributed by atoms with Crippen molar-refractivity contribution in [3.05, 3.63) is 65.0 Å². The molecular weight excluding hydrogens is 409 g/mol. The van der Waals surface area contributed by atoms with E-state index < -0.39 is 11.7 Å². The van der Waals surface area contributed by atoms with E-state index in [1.165, 1.54) is 6.07 Å². The lowest BCUT2D eigenvalue weighted by Gasteiger charge is -2.26. The van der Waals surface area contributed by atoms with Crippen LogP contribution >= 0.6 is 0 Å². The number of ether oxygens (including phenoxy) is 2. The Morgan fingerprint density at radius 3 is 2.55 bits per heavy atom. The lowest BCUT2D eigenvalue weighted by atomic mass is 10.1. The van der Waals surface area contributed by atoms with Gasteiger partial charge in [-0.05, 0) is 56.8 Å². The molecule has 2 aromatic carbocycles. The lowest BCUT2D eigenvalue weighted by molar-refractivity contribution is -0.137. The van der Waals surface area contributed by atoms with Gasteiger partial charge in [-0.2, -0.15) is 13.2 Å². The Morgan fingerprint density at radius 1 is 1.06 bits per heavy atom.